The molecule has 0 aromatic carbocycles. The van der Waals surface area contributed by atoms with Gasteiger partial charge in [0.1, 0.15) is 5.76 Å². The Bertz CT molecular complexity index is 161. The van der Waals surface area contributed by atoms with Gasteiger partial charge in [0.2, 0.25) is 0 Å². The Balaban J connectivity index is 3.30. The van der Waals surface area contributed by atoms with E-state index in [4.69, 9.17) is 4.74 Å². The molecule has 0 amide bonds. The highest BCUT2D eigenvalue weighted by Crippen LogP contribution is 1.98. The fourth-order valence-corrected chi connectivity index (χ4v) is 0.913. The van der Waals surface area contributed by atoms with Gasteiger partial charge in [-0.3, -0.25) is 0 Å². The van der Waals surface area contributed by atoms with Crippen molar-refractivity contribution in [2.45, 2.75) is 33.2 Å². The van der Waals surface area contributed by atoms with Gasteiger partial charge < -0.3 is 10.1 Å². The van der Waals surface area contributed by atoms with E-state index in [9.17, 15) is 0 Å². The van der Waals surface area contributed by atoms with Crippen LogP contribution in [0.2, 0.25) is 0 Å². The highest BCUT2D eigenvalue weighted by atomic mass is 16.5. The Labute approximate surface area is 81.7 Å². The largest absolute Gasteiger partial charge is 0.494 e. The Morgan fingerprint density at radius 3 is 2.69 bits per heavy atom. The fourth-order valence-electron chi connectivity index (χ4n) is 0.913. The van der Waals surface area contributed by atoms with E-state index in [1.54, 1.807) is 6.08 Å². The second-order valence-electron chi connectivity index (χ2n) is 3.21. The van der Waals surface area contributed by atoms with Crippen LogP contribution < -0.4 is 5.32 Å². The third-order valence-corrected chi connectivity index (χ3v) is 1.63. The molecule has 0 bridgehead atoms. The van der Waals surface area contributed by atoms with E-state index in [0.717, 1.165) is 25.3 Å². The normalized spacial score (nSPS) is 11.8. The van der Waals surface area contributed by atoms with Crippen LogP contribution in [-0.2, 0) is 4.74 Å². The van der Waals surface area contributed by atoms with Crippen LogP contribution in [0.1, 0.15) is 27.2 Å². The van der Waals surface area contributed by atoms with Crippen LogP contribution in [0, 0.1) is 0 Å². The predicted molar refractivity (Wildman–Crippen MR) is 57.7 cm³/mol. The summed E-state index contributed by atoms with van der Waals surface area (Å²) in [7, 11) is 0. The van der Waals surface area contributed by atoms with Crippen molar-refractivity contribution < 1.29 is 4.74 Å². The lowest BCUT2D eigenvalue weighted by atomic mass is 10.3. The molecule has 0 fully saturated rings. The molecule has 13 heavy (non-hydrogen) atoms. The Morgan fingerprint density at radius 2 is 2.23 bits per heavy atom. The molecule has 0 aliphatic carbocycles. The van der Waals surface area contributed by atoms with Gasteiger partial charge in [-0.2, -0.15) is 0 Å². The second-order valence-corrected chi connectivity index (χ2v) is 3.21. The summed E-state index contributed by atoms with van der Waals surface area (Å²) in [5.41, 5.74) is 0. The first-order valence-corrected chi connectivity index (χ1v) is 4.85. The van der Waals surface area contributed by atoms with E-state index in [1.165, 1.54) is 0 Å². The van der Waals surface area contributed by atoms with Crippen molar-refractivity contribution >= 4 is 0 Å². The van der Waals surface area contributed by atoms with E-state index in [-0.39, 0.29) is 0 Å². The first-order valence-electron chi connectivity index (χ1n) is 4.85. The minimum Gasteiger partial charge on any atom is -0.494 e. The molecular formula is C11H21NO. The zero-order chi connectivity index (χ0) is 10.1. The summed E-state index contributed by atoms with van der Waals surface area (Å²) in [6, 6.07) is 0.556. The van der Waals surface area contributed by atoms with Crippen molar-refractivity contribution in [3.05, 3.63) is 24.5 Å². The van der Waals surface area contributed by atoms with Crippen LogP contribution >= 0.6 is 0 Å². The zero-order valence-electron chi connectivity index (χ0n) is 8.97. The van der Waals surface area contributed by atoms with Crippen molar-refractivity contribution in [1.82, 2.24) is 5.32 Å². The standard InChI is InChI=1S/C11H21NO/c1-5-11(6-2)13-9-7-8-12-10(3)4/h5-6,10,12H,1,7-9H2,2-4H3/b11-6+. The van der Waals surface area contributed by atoms with E-state index in [1.807, 2.05) is 13.0 Å². The second kappa shape index (κ2) is 7.87. The van der Waals surface area contributed by atoms with Crippen LogP contribution in [0.3, 0.4) is 0 Å². The smallest absolute Gasteiger partial charge is 0.114 e. The van der Waals surface area contributed by atoms with Crippen molar-refractivity contribution in [3.63, 3.8) is 0 Å². The Morgan fingerprint density at radius 1 is 1.54 bits per heavy atom. The molecule has 2 nitrogen and oxygen atoms in total. The van der Waals surface area contributed by atoms with Gasteiger partial charge in [0, 0.05) is 6.04 Å². The van der Waals surface area contributed by atoms with Crippen molar-refractivity contribution in [2.24, 2.45) is 0 Å². The van der Waals surface area contributed by atoms with E-state index in [2.05, 4.69) is 25.7 Å². The summed E-state index contributed by atoms with van der Waals surface area (Å²) in [5.74, 6) is 0.865. The molecular weight excluding hydrogens is 162 g/mol. The van der Waals surface area contributed by atoms with Gasteiger partial charge in [-0.15, -0.1) is 0 Å². The topological polar surface area (TPSA) is 21.3 Å². The molecule has 0 unspecified atom stereocenters. The molecule has 0 spiro atoms. The summed E-state index contributed by atoms with van der Waals surface area (Å²) in [5, 5.41) is 3.33. The summed E-state index contributed by atoms with van der Waals surface area (Å²) in [6.07, 6.45) is 4.68. The van der Waals surface area contributed by atoms with Gasteiger partial charge in [-0.1, -0.05) is 20.4 Å². The summed E-state index contributed by atoms with van der Waals surface area (Å²) >= 11 is 0. The number of allylic oxidation sites excluding steroid dienone is 2. The summed E-state index contributed by atoms with van der Waals surface area (Å²) in [6.45, 7) is 11.6. The number of rotatable bonds is 7. The monoisotopic (exact) mass is 183 g/mol. The summed E-state index contributed by atoms with van der Waals surface area (Å²) in [4.78, 5) is 0. The maximum atomic E-state index is 5.43. The SMILES string of the molecule is C=C/C(=C\C)OCCCNC(C)C. The minimum atomic E-state index is 0.556. The Kier molecular flexibility index (Phi) is 7.41. The van der Waals surface area contributed by atoms with Crippen molar-refractivity contribution in [2.75, 3.05) is 13.2 Å². The van der Waals surface area contributed by atoms with Gasteiger partial charge in [0.05, 0.1) is 6.61 Å². The van der Waals surface area contributed by atoms with Crippen LogP contribution in [-0.4, -0.2) is 19.2 Å². The number of nitrogens with one attached hydrogen (secondary N) is 1. The summed E-state index contributed by atoms with van der Waals surface area (Å²) < 4.78 is 5.43. The minimum absolute atomic E-state index is 0.556. The van der Waals surface area contributed by atoms with Crippen molar-refractivity contribution in [3.8, 4) is 0 Å². The van der Waals surface area contributed by atoms with Crippen LogP contribution in [0.4, 0.5) is 0 Å². The van der Waals surface area contributed by atoms with Gasteiger partial charge >= 0.3 is 0 Å². The molecule has 0 saturated heterocycles. The number of hydrogen-bond acceptors (Lipinski definition) is 2. The fraction of sp³-hybridized carbons (Fsp3) is 0.636. The molecule has 0 heterocycles. The maximum absolute atomic E-state index is 5.43. The quantitative estimate of drug-likeness (QED) is 0.372. The maximum Gasteiger partial charge on any atom is 0.114 e. The molecule has 1 N–H and O–H groups in total. The van der Waals surface area contributed by atoms with Gasteiger partial charge in [0.15, 0.2) is 0 Å². The van der Waals surface area contributed by atoms with E-state index in [0.29, 0.717) is 6.04 Å². The molecule has 0 aromatic rings. The number of ether oxygens (including phenoxy) is 1. The molecule has 2 heteroatoms. The van der Waals surface area contributed by atoms with E-state index < -0.39 is 0 Å². The molecule has 0 aromatic heterocycles. The molecule has 0 aliphatic rings. The molecule has 0 atom stereocenters. The highest BCUT2D eigenvalue weighted by Gasteiger charge is 1.93. The predicted octanol–water partition coefficient (Wildman–Crippen LogP) is 2.48. The molecule has 76 valence electrons. The van der Waals surface area contributed by atoms with Gasteiger partial charge in [-0.05, 0) is 32.0 Å². The molecule has 0 aliphatic heterocycles. The van der Waals surface area contributed by atoms with Gasteiger partial charge in [-0.25, -0.2) is 0 Å². The van der Waals surface area contributed by atoms with Crippen LogP contribution in [0.25, 0.3) is 0 Å². The third-order valence-electron chi connectivity index (χ3n) is 1.63. The molecule has 0 rings (SSSR count). The molecule has 0 radical (unpaired) electrons. The highest BCUT2D eigenvalue weighted by molar-refractivity contribution is 5.06. The third kappa shape index (κ3) is 7.60. The van der Waals surface area contributed by atoms with E-state index >= 15 is 0 Å². The van der Waals surface area contributed by atoms with Crippen LogP contribution in [0.15, 0.2) is 24.5 Å². The van der Waals surface area contributed by atoms with Crippen molar-refractivity contribution in [1.29, 1.82) is 0 Å². The van der Waals surface area contributed by atoms with Crippen LogP contribution in [0.5, 0.6) is 0 Å². The lowest BCUT2D eigenvalue weighted by Crippen LogP contribution is -2.24. The average Bonchev–Trinajstić information content (AvgIpc) is 2.11. The lowest BCUT2D eigenvalue weighted by molar-refractivity contribution is 0.218. The Hall–Kier alpha value is -0.760. The molecule has 0 saturated carbocycles. The van der Waals surface area contributed by atoms with Gasteiger partial charge in [0.25, 0.3) is 0 Å². The first-order chi connectivity index (χ1) is 6.20. The lowest BCUT2D eigenvalue weighted by Gasteiger charge is -2.09. The number of hydrogen-bond donors (Lipinski definition) is 1. The average molecular weight is 183 g/mol. The zero-order valence-corrected chi connectivity index (χ0v) is 8.97. The first kappa shape index (κ1) is 12.2.